The molecule has 0 amide bonds. The van der Waals surface area contributed by atoms with Crippen molar-refractivity contribution >= 4 is 59.8 Å². The van der Waals surface area contributed by atoms with E-state index in [1.165, 1.54) is 80.3 Å². The maximum atomic E-state index is 10.6. The largest absolute Gasteiger partial charge is 0.306 e. The summed E-state index contributed by atoms with van der Waals surface area (Å²) in [6, 6.07) is 24.6. The van der Waals surface area contributed by atoms with Crippen LogP contribution in [-0.4, -0.2) is 4.40 Å². The number of rotatable bonds is 1. The predicted molar refractivity (Wildman–Crippen MR) is 148 cm³/mol. The van der Waals surface area contributed by atoms with E-state index in [1.54, 1.807) is 0 Å². The lowest BCUT2D eigenvalue weighted by Gasteiger charge is -2.18. The summed E-state index contributed by atoms with van der Waals surface area (Å²) in [5.41, 5.74) is 8.23. The quantitative estimate of drug-likeness (QED) is 0.139. The van der Waals surface area contributed by atoms with Gasteiger partial charge in [0, 0.05) is 22.2 Å². The fourth-order valence-corrected chi connectivity index (χ4v) is 7.35. The molecule has 7 aromatic rings. The van der Waals surface area contributed by atoms with Crippen molar-refractivity contribution in [2.75, 3.05) is 0 Å². The zero-order valence-corrected chi connectivity index (χ0v) is 20.6. The van der Waals surface area contributed by atoms with E-state index >= 15 is 0 Å². The van der Waals surface area contributed by atoms with Gasteiger partial charge in [-0.1, -0.05) is 55.3 Å². The highest BCUT2D eigenvalue weighted by Gasteiger charge is 2.30. The van der Waals surface area contributed by atoms with Crippen LogP contribution in [0, 0.1) is 18.3 Å². The number of benzene rings is 4. The van der Waals surface area contributed by atoms with Gasteiger partial charge in [0.25, 0.3) is 0 Å². The third kappa shape index (κ3) is 2.30. The van der Waals surface area contributed by atoms with Gasteiger partial charge in [-0.2, -0.15) is 5.26 Å². The number of aromatic nitrogens is 2. The highest BCUT2D eigenvalue weighted by Crippen LogP contribution is 2.48. The summed E-state index contributed by atoms with van der Waals surface area (Å²) in [7, 11) is 2.15. The number of hydrogen-bond acceptors (Lipinski definition) is 1. The summed E-state index contributed by atoms with van der Waals surface area (Å²) in [6.45, 7) is 2.22. The normalized spacial score (nSPS) is 14.9. The minimum atomic E-state index is 0.598. The molecule has 3 aromatic heterocycles. The first-order chi connectivity index (χ1) is 17.7. The molecular formula is C33H26N3+. The molecule has 4 aromatic carbocycles. The van der Waals surface area contributed by atoms with Crippen molar-refractivity contribution < 1.29 is 4.57 Å². The van der Waals surface area contributed by atoms with E-state index < -0.39 is 0 Å². The molecule has 3 heterocycles. The maximum Gasteiger partial charge on any atom is 0.224 e. The van der Waals surface area contributed by atoms with Gasteiger partial charge in [-0.25, -0.2) is 4.57 Å². The minimum absolute atomic E-state index is 0.598. The zero-order valence-electron chi connectivity index (χ0n) is 20.6. The minimum Gasteiger partial charge on any atom is -0.306 e. The first-order valence-electron chi connectivity index (χ1n) is 13.0. The summed E-state index contributed by atoms with van der Waals surface area (Å²) in [4.78, 5) is 0. The van der Waals surface area contributed by atoms with Crippen LogP contribution in [0.5, 0.6) is 0 Å². The fraction of sp³-hybridized carbons (Fsp3) is 0.212. The molecule has 1 saturated carbocycles. The topological polar surface area (TPSA) is 32.1 Å². The number of hydrogen-bond donors (Lipinski definition) is 0. The number of nitriles is 1. The summed E-state index contributed by atoms with van der Waals surface area (Å²) in [6.07, 6.45) is 7.34. The summed E-state index contributed by atoms with van der Waals surface area (Å²) in [5, 5.41) is 19.3. The molecule has 8 rings (SSSR count). The highest BCUT2D eigenvalue weighted by atomic mass is 15.0. The first-order valence-corrected chi connectivity index (χ1v) is 13.0. The molecule has 0 radical (unpaired) electrons. The van der Waals surface area contributed by atoms with Crippen molar-refractivity contribution in [3.05, 3.63) is 83.6 Å². The second-order valence-corrected chi connectivity index (χ2v) is 10.6. The molecule has 0 atom stereocenters. The average molecular weight is 465 g/mol. The summed E-state index contributed by atoms with van der Waals surface area (Å²) >= 11 is 0. The Kier molecular flexibility index (Phi) is 3.88. The molecule has 3 heteroatoms. The Morgan fingerprint density at radius 3 is 2.36 bits per heavy atom. The molecule has 0 N–H and O–H groups in total. The van der Waals surface area contributed by atoms with Crippen molar-refractivity contribution in [2.45, 2.75) is 38.5 Å². The van der Waals surface area contributed by atoms with Crippen molar-refractivity contribution in [1.29, 1.82) is 5.26 Å². The first kappa shape index (κ1) is 20.1. The Balaban J connectivity index is 1.81. The average Bonchev–Trinajstić information content (AvgIpc) is 3.56. The molecule has 36 heavy (non-hydrogen) atoms. The summed E-state index contributed by atoms with van der Waals surface area (Å²) in [5.74, 6) is 0.598. The highest BCUT2D eigenvalue weighted by molar-refractivity contribution is 6.30. The van der Waals surface area contributed by atoms with E-state index in [2.05, 4.69) is 89.8 Å². The molecule has 172 valence electrons. The number of aryl methyl sites for hydroxylation is 2. The molecule has 0 bridgehead atoms. The Hall–Kier alpha value is -4.16. The smallest absolute Gasteiger partial charge is 0.224 e. The van der Waals surface area contributed by atoms with Crippen LogP contribution in [0.25, 0.3) is 59.8 Å². The van der Waals surface area contributed by atoms with E-state index in [0.717, 1.165) is 21.9 Å². The molecule has 0 spiro atoms. The van der Waals surface area contributed by atoms with E-state index in [1.807, 2.05) is 6.07 Å². The Bertz CT molecular complexity index is 2080. The third-order valence-corrected chi connectivity index (χ3v) is 8.88. The van der Waals surface area contributed by atoms with E-state index in [-0.39, 0.29) is 0 Å². The summed E-state index contributed by atoms with van der Waals surface area (Å²) < 4.78 is 4.70. The van der Waals surface area contributed by atoms with Gasteiger partial charge < -0.3 is 4.40 Å². The van der Waals surface area contributed by atoms with Gasteiger partial charge in [-0.3, -0.25) is 0 Å². The zero-order chi connectivity index (χ0) is 24.1. The molecule has 0 unspecified atom stereocenters. The van der Waals surface area contributed by atoms with Crippen LogP contribution in [0.15, 0.2) is 66.9 Å². The number of nitrogens with zero attached hydrogens (tertiary/aromatic N) is 3. The predicted octanol–water partition coefficient (Wildman–Crippen LogP) is 7.81. The fourth-order valence-electron chi connectivity index (χ4n) is 7.35. The number of fused-ring (bicyclic) bond motifs is 7. The lowest BCUT2D eigenvalue weighted by molar-refractivity contribution is -0.643. The lowest BCUT2D eigenvalue weighted by Crippen LogP contribution is -2.29. The van der Waals surface area contributed by atoms with E-state index in [4.69, 9.17) is 0 Å². The van der Waals surface area contributed by atoms with Crippen LogP contribution >= 0.6 is 0 Å². The molecule has 1 aliphatic carbocycles. The Morgan fingerprint density at radius 2 is 1.58 bits per heavy atom. The van der Waals surface area contributed by atoms with Crippen LogP contribution in [-0.2, 0) is 7.05 Å². The SMILES string of the molecule is Cc1c2ccccc2c(C#N)c2c1c1c3c(cc[n+]1C)cc(C1CCCC1)c1c4ccccc4n2c13. The number of pyridine rings is 2. The molecule has 1 fully saturated rings. The van der Waals surface area contributed by atoms with Gasteiger partial charge in [0.1, 0.15) is 13.1 Å². The van der Waals surface area contributed by atoms with Gasteiger partial charge in [0.2, 0.25) is 5.52 Å². The molecule has 3 nitrogen and oxygen atoms in total. The van der Waals surface area contributed by atoms with Crippen LogP contribution in [0.1, 0.15) is 48.3 Å². The van der Waals surface area contributed by atoms with Crippen molar-refractivity contribution in [1.82, 2.24) is 4.40 Å². The van der Waals surface area contributed by atoms with Gasteiger partial charge in [0.15, 0.2) is 6.20 Å². The molecule has 0 saturated heterocycles. The third-order valence-electron chi connectivity index (χ3n) is 8.88. The van der Waals surface area contributed by atoms with Crippen LogP contribution < -0.4 is 4.57 Å². The molecular weight excluding hydrogens is 438 g/mol. The van der Waals surface area contributed by atoms with Crippen LogP contribution in [0.4, 0.5) is 0 Å². The second-order valence-electron chi connectivity index (χ2n) is 10.6. The van der Waals surface area contributed by atoms with Crippen molar-refractivity contribution in [3.63, 3.8) is 0 Å². The Morgan fingerprint density at radius 1 is 0.861 bits per heavy atom. The van der Waals surface area contributed by atoms with E-state index in [9.17, 15) is 5.26 Å². The second kappa shape index (κ2) is 6.95. The number of para-hydroxylation sites is 1. The van der Waals surface area contributed by atoms with Gasteiger partial charge in [-0.05, 0) is 59.7 Å². The van der Waals surface area contributed by atoms with Crippen LogP contribution in [0.3, 0.4) is 0 Å². The monoisotopic (exact) mass is 464 g/mol. The van der Waals surface area contributed by atoms with Crippen molar-refractivity contribution in [3.8, 4) is 6.07 Å². The Labute approximate surface area is 209 Å². The van der Waals surface area contributed by atoms with Gasteiger partial charge >= 0.3 is 0 Å². The van der Waals surface area contributed by atoms with Gasteiger partial charge in [0.05, 0.1) is 32.9 Å². The van der Waals surface area contributed by atoms with Crippen molar-refractivity contribution in [2.24, 2.45) is 7.05 Å². The molecule has 0 aliphatic heterocycles. The lowest BCUT2D eigenvalue weighted by atomic mass is 9.88. The standard InChI is InChI=1S/C33H26N3/c1-19-22-11-5-6-12-23(22)26(18-34)31-28(19)32-29-21(15-16-35(32)2)17-25(20-9-3-4-10-20)30-24-13-7-8-14-27(24)36(31)33(29)30/h5-8,11-17,20H,3-4,9-10H2,1-2H3/q+1. The maximum absolute atomic E-state index is 10.6. The van der Waals surface area contributed by atoms with E-state index in [0.29, 0.717) is 5.92 Å². The molecule has 1 aliphatic rings. The van der Waals surface area contributed by atoms with Gasteiger partial charge in [-0.15, -0.1) is 0 Å². The van der Waals surface area contributed by atoms with Crippen LogP contribution in [0.2, 0.25) is 0 Å².